The highest BCUT2D eigenvalue weighted by molar-refractivity contribution is 6.30. The van der Waals surface area contributed by atoms with Crippen LogP contribution < -0.4 is 10.2 Å². The second kappa shape index (κ2) is 11.6. The standard InChI is InChI=1S/C30H30ClN3O3/c31-24-8-10-25(11-9-24)37-18-17-34(16-15-23-20-32-28-4-2-1-3-26(23)28)29-13-7-22-19-21(5-12-27(22)29)6-14-30(35)33-36/h1-6,8-12,14,19-20,29,32,36H,7,13,15-18H2,(H,33,35). The summed E-state index contributed by atoms with van der Waals surface area (Å²) in [4.78, 5) is 17.3. The number of rotatable bonds is 10. The van der Waals surface area contributed by atoms with Crippen molar-refractivity contribution < 1.29 is 14.7 Å². The van der Waals surface area contributed by atoms with Gasteiger partial charge in [-0.05, 0) is 77.9 Å². The Morgan fingerprint density at radius 3 is 2.81 bits per heavy atom. The third-order valence-electron chi connectivity index (χ3n) is 7.00. The van der Waals surface area contributed by atoms with Gasteiger partial charge in [-0.2, -0.15) is 0 Å². The topological polar surface area (TPSA) is 77.6 Å². The summed E-state index contributed by atoms with van der Waals surface area (Å²) < 4.78 is 6.06. The molecule has 1 aromatic heterocycles. The van der Waals surface area contributed by atoms with Gasteiger partial charge in [-0.1, -0.05) is 48.0 Å². The van der Waals surface area contributed by atoms with Crippen LogP contribution in [-0.2, 0) is 17.6 Å². The number of aromatic amines is 1. The maximum atomic E-state index is 11.4. The van der Waals surface area contributed by atoms with E-state index in [-0.39, 0.29) is 0 Å². The molecule has 1 aliphatic carbocycles. The number of aryl methyl sites for hydroxylation is 1. The van der Waals surface area contributed by atoms with Crippen LogP contribution in [0.5, 0.6) is 5.75 Å². The van der Waals surface area contributed by atoms with Crippen LogP contribution in [0.1, 0.15) is 34.7 Å². The summed E-state index contributed by atoms with van der Waals surface area (Å²) in [5.74, 6) is 0.277. The van der Waals surface area contributed by atoms with E-state index >= 15 is 0 Å². The van der Waals surface area contributed by atoms with Crippen LogP contribution in [0.25, 0.3) is 17.0 Å². The number of nitrogens with one attached hydrogen (secondary N) is 2. The number of fused-ring (bicyclic) bond motifs is 2. The van der Waals surface area contributed by atoms with Crippen LogP contribution in [0.3, 0.4) is 0 Å². The van der Waals surface area contributed by atoms with Gasteiger partial charge in [-0.15, -0.1) is 0 Å². The predicted molar refractivity (Wildman–Crippen MR) is 147 cm³/mol. The van der Waals surface area contributed by atoms with Gasteiger partial charge in [-0.3, -0.25) is 14.9 Å². The fourth-order valence-electron chi connectivity index (χ4n) is 5.14. The number of carbonyl (C=O) groups is 1. The Bertz CT molecular complexity index is 1400. The number of hydroxylamine groups is 1. The number of hydrogen-bond donors (Lipinski definition) is 3. The molecule has 0 saturated carbocycles. The number of benzene rings is 3. The van der Waals surface area contributed by atoms with Gasteiger partial charge in [0.1, 0.15) is 12.4 Å². The average molecular weight is 516 g/mol. The molecule has 0 aliphatic heterocycles. The lowest BCUT2D eigenvalue weighted by molar-refractivity contribution is -0.124. The molecule has 4 aromatic rings. The first-order valence-corrected chi connectivity index (χ1v) is 12.9. The normalized spacial score (nSPS) is 14.9. The molecule has 1 atom stereocenters. The van der Waals surface area contributed by atoms with E-state index in [0.29, 0.717) is 17.7 Å². The van der Waals surface area contributed by atoms with E-state index in [1.165, 1.54) is 28.2 Å². The van der Waals surface area contributed by atoms with E-state index in [1.807, 2.05) is 30.3 Å². The summed E-state index contributed by atoms with van der Waals surface area (Å²) in [5.41, 5.74) is 7.68. The molecule has 3 aromatic carbocycles. The molecule has 37 heavy (non-hydrogen) atoms. The minimum Gasteiger partial charge on any atom is -0.492 e. The van der Waals surface area contributed by atoms with Crippen molar-refractivity contribution in [2.75, 3.05) is 19.7 Å². The number of hydrogen-bond acceptors (Lipinski definition) is 4. The second-order valence-corrected chi connectivity index (χ2v) is 9.71. The fraction of sp³-hybridized carbons (Fsp3) is 0.233. The molecule has 1 aliphatic rings. The number of amides is 1. The Balaban J connectivity index is 1.32. The minimum atomic E-state index is -0.539. The Morgan fingerprint density at radius 2 is 1.97 bits per heavy atom. The summed E-state index contributed by atoms with van der Waals surface area (Å²) in [6.07, 6.45) is 8.12. The van der Waals surface area contributed by atoms with Crippen molar-refractivity contribution in [3.63, 3.8) is 0 Å². The molecule has 190 valence electrons. The molecule has 0 saturated heterocycles. The third-order valence-corrected chi connectivity index (χ3v) is 7.25. The molecule has 5 rings (SSSR count). The highest BCUT2D eigenvalue weighted by atomic mass is 35.5. The van der Waals surface area contributed by atoms with Crippen LogP contribution in [-0.4, -0.2) is 40.7 Å². The van der Waals surface area contributed by atoms with Crippen LogP contribution in [0, 0.1) is 0 Å². The Kier molecular flexibility index (Phi) is 7.90. The zero-order valence-electron chi connectivity index (χ0n) is 20.5. The predicted octanol–water partition coefficient (Wildman–Crippen LogP) is 5.95. The molecule has 1 amide bonds. The van der Waals surface area contributed by atoms with Crippen LogP contribution >= 0.6 is 11.6 Å². The van der Waals surface area contributed by atoms with Gasteiger partial charge in [-0.25, -0.2) is 5.48 Å². The zero-order valence-corrected chi connectivity index (χ0v) is 21.2. The minimum absolute atomic E-state index is 0.299. The lowest BCUT2D eigenvalue weighted by atomic mass is 10.0. The van der Waals surface area contributed by atoms with E-state index in [0.717, 1.165) is 49.2 Å². The van der Waals surface area contributed by atoms with Crippen LogP contribution in [0.15, 0.2) is 79.0 Å². The molecule has 0 spiro atoms. The van der Waals surface area contributed by atoms with Gasteiger partial charge in [0.25, 0.3) is 5.91 Å². The number of aromatic nitrogens is 1. The zero-order chi connectivity index (χ0) is 25.6. The van der Waals surface area contributed by atoms with E-state index in [9.17, 15) is 4.79 Å². The first-order valence-electron chi connectivity index (χ1n) is 12.5. The van der Waals surface area contributed by atoms with E-state index in [4.69, 9.17) is 21.5 Å². The smallest absolute Gasteiger partial charge is 0.267 e. The average Bonchev–Trinajstić information content (AvgIpc) is 3.54. The first kappa shape index (κ1) is 25.1. The van der Waals surface area contributed by atoms with E-state index < -0.39 is 5.91 Å². The Labute approximate surface area is 221 Å². The van der Waals surface area contributed by atoms with Gasteiger partial charge in [0.05, 0.1) is 0 Å². The van der Waals surface area contributed by atoms with Crippen molar-refractivity contribution in [1.29, 1.82) is 0 Å². The molecule has 3 N–H and O–H groups in total. The third kappa shape index (κ3) is 6.05. The lowest BCUT2D eigenvalue weighted by Gasteiger charge is -2.29. The summed E-state index contributed by atoms with van der Waals surface area (Å²) >= 11 is 6.01. The highest BCUT2D eigenvalue weighted by Crippen LogP contribution is 2.37. The lowest BCUT2D eigenvalue weighted by Crippen LogP contribution is -2.33. The van der Waals surface area contributed by atoms with Gasteiger partial charge in [0, 0.05) is 47.3 Å². The molecule has 1 heterocycles. The van der Waals surface area contributed by atoms with E-state index in [2.05, 4.69) is 52.5 Å². The first-order chi connectivity index (χ1) is 18.1. The summed E-state index contributed by atoms with van der Waals surface area (Å²) in [5, 5.41) is 10.7. The van der Waals surface area contributed by atoms with Gasteiger partial charge in [0.2, 0.25) is 0 Å². The van der Waals surface area contributed by atoms with Gasteiger partial charge in [0.15, 0.2) is 0 Å². The van der Waals surface area contributed by atoms with Crippen molar-refractivity contribution in [2.24, 2.45) is 0 Å². The number of para-hydroxylation sites is 1. The number of halogens is 1. The summed E-state index contributed by atoms with van der Waals surface area (Å²) in [6.45, 7) is 2.29. The summed E-state index contributed by atoms with van der Waals surface area (Å²) in [7, 11) is 0. The highest BCUT2D eigenvalue weighted by Gasteiger charge is 2.28. The largest absolute Gasteiger partial charge is 0.492 e. The number of carbonyl (C=O) groups excluding carboxylic acids is 1. The fourth-order valence-corrected chi connectivity index (χ4v) is 5.27. The monoisotopic (exact) mass is 515 g/mol. The summed E-state index contributed by atoms with van der Waals surface area (Å²) in [6, 6.07) is 22.5. The maximum absolute atomic E-state index is 11.4. The molecule has 6 nitrogen and oxygen atoms in total. The van der Waals surface area contributed by atoms with E-state index in [1.54, 1.807) is 11.6 Å². The van der Waals surface area contributed by atoms with Crippen molar-refractivity contribution >= 4 is 34.5 Å². The van der Waals surface area contributed by atoms with Crippen LogP contribution in [0.2, 0.25) is 5.02 Å². The van der Waals surface area contributed by atoms with Gasteiger partial charge < -0.3 is 9.72 Å². The van der Waals surface area contributed by atoms with Crippen molar-refractivity contribution in [3.8, 4) is 5.75 Å². The molecule has 0 fully saturated rings. The molecular weight excluding hydrogens is 486 g/mol. The number of ether oxygens (including phenoxy) is 1. The van der Waals surface area contributed by atoms with Crippen LogP contribution in [0.4, 0.5) is 0 Å². The quantitative estimate of drug-likeness (QED) is 0.138. The molecule has 1 unspecified atom stereocenters. The molecular formula is C30H30ClN3O3. The Morgan fingerprint density at radius 1 is 1.14 bits per heavy atom. The number of H-pyrrole nitrogens is 1. The molecule has 0 radical (unpaired) electrons. The number of nitrogens with zero attached hydrogens (tertiary/aromatic N) is 1. The Hall–Kier alpha value is -3.58. The van der Waals surface area contributed by atoms with Crippen molar-refractivity contribution in [3.05, 3.63) is 106 Å². The maximum Gasteiger partial charge on any atom is 0.267 e. The van der Waals surface area contributed by atoms with Crippen molar-refractivity contribution in [1.82, 2.24) is 15.4 Å². The van der Waals surface area contributed by atoms with Crippen molar-refractivity contribution in [2.45, 2.75) is 25.3 Å². The molecule has 7 heteroatoms. The SMILES string of the molecule is O=C(C=Cc1ccc2c(c1)CCC2N(CCOc1ccc(Cl)cc1)CCc1c[nH]c2ccccc12)NO. The second-order valence-electron chi connectivity index (χ2n) is 9.27. The van der Waals surface area contributed by atoms with Gasteiger partial charge >= 0.3 is 0 Å². The molecule has 0 bridgehead atoms.